The molecule has 0 aliphatic carbocycles. The Morgan fingerprint density at radius 2 is 1.71 bits per heavy atom. The molecule has 0 radical (unpaired) electrons. The summed E-state index contributed by atoms with van der Waals surface area (Å²) in [6, 6.07) is 22.2. The van der Waals surface area contributed by atoms with Crippen LogP contribution in [0.25, 0.3) is 6.08 Å². The number of anilines is 2. The first-order chi connectivity index (χ1) is 20.2. The molecule has 1 unspecified atom stereocenters. The molecule has 1 heterocycles. The quantitative estimate of drug-likeness (QED) is 0.113. The van der Waals surface area contributed by atoms with E-state index in [4.69, 9.17) is 0 Å². The number of carbonyl (C=O) groups is 4. The number of hydrogen-bond donors (Lipinski definition) is 4. The highest BCUT2D eigenvalue weighted by molar-refractivity contribution is 8.00. The Hall–Kier alpha value is -4.67. The van der Waals surface area contributed by atoms with E-state index in [0.717, 1.165) is 16.0 Å². The van der Waals surface area contributed by atoms with E-state index < -0.39 is 23.0 Å². The topological polar surface area (TPSA) is 125 Å². The third kappa shape index (κ3) is 8.18. The highest BCUT2D eigenvalue weighted by atomic mass is 32.2. The smallest absolute Gasteiger partial charge is 0.335 e. The number of carboxylic acids is 1. The zero-order chi connectivity index (χ0) is 30.1. The molecular weight excluding hydrogens is 571 g/mol. The van der Waals surface area contributed by atoms with Gasteiger partial charge in [-0.25, -0.2) is 4.79 Å². The van der Waals surface area contributed by atoms with E-state index in [2.05, 4.69) is 16.0 Å². The number of nitrogens with one attached hydrogen (secondary N) is 3. The van der Waals surface area contributed by atoms with Crippen molar-refractivity contribution in [3.05, 3.63) is 118 Å². The number of hydrogen-bond acceptors (Lipinski definition) is 6. The van der Waals surface area contributed by atoms with Crippen molar-refractivity contribution in [3.63, 3.8) is 0 Å². The first-order valence-corrected chi connectivity index (χ1v) is 14.9. The molecule has 42 heavy (non-hydrogen) atoms. The fraction of sp³-hybridized carbons (Fsp3) is 0.125. The fourth-order valence-corrected chi connectivity index (χ4v) is 5.53. The summed E-state index contributed by atoms with van der Waals surface area (Å²) < 4.78 is 0. The monoisotopic (exact) mass is 599 g/mol. The second-order valence-corrected chi connectivity index (χ2v) is 11.3. The molecule has 8 nitrogen and oxygen atoms in total. The van der Waals surface area contributed by atoms with Gasteiger partial charge in [-0.3, -0.25) is 14.4 Å². The minimum atomic E-state index is -1.07. The maximum Gasteiger partial charge on any atom is 0.335 e. The van der Waals surface area contributed by atoms with Gasteiger partial charge in [0.2, 0.25) is 5.91 Å². The van der Waals surface area contributed by atoms with E-state index in [0.29, 0.717) is 23.4 Å². The van der Waals surface area contributed by atoms with E-state index in [9.17, 15) is 24.3 Å². The predicted octanol–water partition coefficient (Wildman–Crippen LogP) is 6.67. The molecule has 0 aliphatic rings. The SMILES string of the molecule is CCC(Sc1cccc(NC(=O)/C(=C/c2ccsc2)NC(=O)c2ccccc2)c1)C(=O)Nc1cc(C(=O)O)ccc1C. The van der Waals surface area contributed by atoms with Gasteiger partial charge in [-0.2, -0.15) is 11.3 Å². The summed E-state index contributed by atoms with van der Waals surface area (Å²) in [4.78, 5) is 51.3. The zero-order valence-corrected chi connectivity index (χ0v) is 24.6. The number of aryl methyl sites for hydroxylation is 1. The predicted molar refractivity (Wildman–Crippen MR) is 168 cm³/mol. The third-order valence-electron chi connectivity index (χ3n) is 6.16. The van der Waals surface area contributed by atoms with Gasteiger partial charge in [0.05, 0.1) is 10.8 Å². The highest BCUT2D eigenvalue weighted by Crippen LogP contribution is 2.29. The molecule has 214 valence electrons. The fourth-order valence-electron chi connectivity index (χ4n) is 3.90. The molecule has 0 bridgehead atoms. The lowest BCUT2D eigenvalue weighted by Crippen LogP contribution is -2.30. The van der Waals surface area contributed by atoms with Crippen LogP contribution in [-0.4, -0.2) is 34.0 Å². The molecule has 1 atom stereocenters. The number of aromatic carboxylic acids is 1. The van der Waals surface area contributed by atoms with Gasteiger partial charge in [0.15, 0.2) is 0 Å². The van der Waals surface area contributed by atoms with Crippen LogP contribution in [0.1, 0.15) is 45.2 Å². The first kappa shape index (κ1) is 30.3. The molecule has 3 amide bonds. The Morgan fingerprint density at radius 3 is 2.40 bits per heavy atom. The van der Waals surface area contributed by atoms with Gasteiger partial charge in [-0.1, -0.05) is 37.3 Å². The van der Waals surface area contributed by atoms with Crippen molar-refractivity contribution in [3.8, 4) is 0 Å². The van der Waals surface area contributed by atoms with E-state index in [1.54, 1.807) is 67.6 Å². The van der Waals surface area contributed by atoms with Gasteiger partial charge in [0.1, 0.15) is 5.70 Å². The summed E-state index contributed by atoms with van der Waals surface area (Å²) in [5.74, 6) is -2.23. The molecule has 3 aromatic carbocycles. The molecule has 0 spiro atoms. The van der Waals surface area contributed by atoms with Crippen molar-refractivity contribution in [2.24, 2.45) is 0 Å². The Morgan fingerprint density at radius 1 is 0.929 bits per heavy atom. The molecule has 0 saturated carbocycles. The van der Waals surface area contributed by atoms with E-state index in [1.807, 2.05) is 29.8 Å². The van der Waals surface area contributed by atoms with Crippen LogP contribution in [0.5, 0.6) is 0 Å². The first-order valence-electron chi connectivity index (χ1n) is 13.1. The Kier molecular flexibility index (Phi) is 10.3. The van der Waals surface area contributed by atoms with Crippen LogP contribution in [0.3, 0.4) is 0 Å². The summed E-state index contributed by atoms with van der Waals surface area (Å²) in [6.07, 6.45) is 2.13. The van der Waals surface area contributed by atoms with Crippen molar-refractivity contribution in [1.29, 1.82) is 0 Å². The summed E-state index contributed by atoms with van der Waals surface area (Å²) in [5.41, 5.74) is 3.08. The average Bonchev–Trinajstić information content (AvgIpc) is 3.50. The summed E-state index contributed by atoms with van der Waals surface area (Å²) >= 11 is 2.81. The molecule has 1 aromatic heterocycles. The van der Waals surface area contributed by atoms with Crippen LogP contribution < -0.4 is 16.0 Å². The lowest BCUT2D eigenvalue weighted by atomic mass is 10.1. The van der Waals surface area contributed by atoms with Crippen molar-refractivity contribution in [2.75, 3.05) is 10.6 Å². The molecule has 0 aliphatic heterocycles. The number of rotatable bonds is 11. The summed E-state index contributed by atoms with van der Waals surface area (Å²) in [7, 11) is 0. The minimum Gasteiger partial charge on any atom is -0.478 e. The minimum absolute atomic E-state index is 0.0880. The number of thioether (sulfide) groups is 1. The van der Waals surface area contributed by atoms with Crippen molar-refractivity contribution in [2.45, 2.75) is 30.4 Å². The van der Waals surface area contributed by atoms with Crippen LogP contribution in [0.2, 0.25) is 0 Å². The number of carboxylic acid groups (broad SMARTS) is 1. The highest BCUT2D eigenvalue weighted by Gasteiger charge is 2.20. The number of carbonyl (C=O) groups excluding carboxylic acids is 3. The second-order valence-electron chi connectivity index (χ2n) is 9.26. The summed E-state index contributed by atoms with van der Waals surface area (Å²) in [5, 5.41) is 21.0. The molecular formula is C32H29N3O5S2. The molecule has 4 rings (SSSR count). The van der Waals surface area contributed by atoms with Crippen LogP contribution >= 0.6 is 23.1 Å². The molecule has 0 saturated heterocycles. The average molecular weight is 600 g/mol. The molecule has 4 N–H and O–H groups in total. The maximum atomic E-state index is 13.3. The molecule has 10 heteroatoms. The van der Waals surface area contributed by atoms with Crippen molar-refractivity contribution < 1.29 is 24.3 Å². The zero-order valence-electron chi connectivity index (χ0n) is 22.9. The summed E-state index contributed by atoms with van der Waals surface area (Å²) in [6.45, 7) is 3.69. The van der Waals surface area contributed by atoms with Crippen LogP contribution in [0, 0.1) is 6.92 Å². The van der Waals surface area contributed by atoms with Crippen molar-refractivity contribution in [1.82, 2.24) is 5.32 Å². The van der Waals surface area contributed by atoms with Gasteiger partial charge in [0, 0.05) is 21.8 Å². The largest absolute Gasteiger partial charge is 0.478 e. The third-order valence-corrected chi connectivity index (χ3v) is 8.22. The van der Waals surface area contributed by atoms with Crippen LogP contribution in [0.4, 0.5) is 11.4 Å². The number of amides is 3. The Balaban J connectivity index is 1.47. The standard InChI is InChI=1S/C32H29N3O5S2/c1-3-28(31(38)34-26-17-23(32(39)40)13-12-20(26)2)42-25-11-7-10-24(18-25)33-30(37)27(16-21-14-15-41-19-21)35-29(36)22-8-5-4-6-9-22/h4-19,28H,3H2,1-2H3,(H,33,37)(H,34,38)(H,35,36)(H,39,40)/b27-16-. The van der Waals surface area contributed by atoms with Crippen LogP contribution in [-0.2, 0) is 9.59 Å². The normalized spacial score (nSPS) is 11.8. The Bertz CT molecular complexity index is 1620. The van der Waals surface area contributed by atoms with Gasteiger partial charge in [0.25, 0.3) is 11.8 Å². The lowest BCUT2D eigenvalue weighted by Gasteiger charge is -2.17. The van der Waals surface area contributed by atoms with Gasteiger partial charge in [-0.05, 0) is 89.8 Å². The molecule has 4 aromatic rings. The lowest BCUT2D eigenvalue weighted by molar-refractivity contribution is -0.116. The molecule has 0 fully saturated rings. The van der Waals surface area contributed by atoms with Crippen LogP contribution in [0.15, 0.2) is 100 Å². The maximum absolute atomic E-state index is 13.3. The van der Waals surface area contributed by atoms with Gasteiger partial charge >= 0.3 is 5.97 Å². The van der Waals surface area contributed by atoms with Gasteiger partial charge in [-0.15, -0.1) is 11.8 Å². The second kappa shape index (κ2) is 14.3. The van der Waals surface area contributed by atoms with E-state index in [-0.39, 0.29) is 17.2 Å². The van der Waals surface area contributed by atoms with Crippen molar-refractivity contribution >= 4 is 64.2 Å². The Labute approximate surface area is 251 Å². The number of benzene rings is 3. The number of thiophene rings is 1. The van der Waals surface area contributed by atoms with E-state index >= 15 is 0 Å². The van der Waals surface area contributed by atoms with Gasteiger partial charge < -0.3 is 21.1 Å². The van der Waals surface area contributed by atoms with E-state index in [1.165, 1.54) is 35.2 Å².